The Bertz CT molecular complexity index is 586. The second kappa shape index (κ2) is 5.05. The normalized spacial score (nSPS) is 10.3. The van der Waals surface area contributed by atoms with Crippen LogP contribution < -0.4 is 11.5 Å². The van der Waals surface area contributed by atoms with Gasteiger partial charge in [-0.15, -0.1) is 0 Å². The number of hydrogen-bond donors (Lipinski definition) is 2. The SMILES string of the molecule is NC(=O)c1cc(N)cnc1Sc1ccc(F)cc1. The quantitative estimate of drug-likeness (QED) is 0.888. The molecule has 0 saturated heterocycles. The molecule has 0 aliphatic heterocycles. The van der Waals surface area contributed by atoms with Gasteiger partial charge in [0.1, 0.15) is 10.8 Å². The molecule has 1 heterocycles. The van der Waals surface area contributed by atoms with Gasteiger partial charge in [-0.25, -0.2) is 9.37 Å². The number of carbonyl (C=O) groups excluding carboxylic acids is 1. The highest BCUT2D eigenvalue weighted by atomic mass is 32.2. The Labute approximate surface area is 107 Å². The molecular formula is C12H10FN3OS. The maximum absolute atomic E-state index is 12.8. The van der Waals surface area contributed by atoms with E-state index in [9.17, 15) is 9.18 Å². The van der Waals surface area contributed by atoms with Crippen molar-refractivity contribution in [2.45, 2.75) is 9.92 Å². The van der Waals surface area contributed by atoms with Gasteiger partial charge in [0.15, 0.2) is 0 Å². The smallest absolute Gasteiger partial charge is 0.251 e. The zero-order valence-electron chi connectivity index (χ0n) is 9.26. The molecule has 6 heteroatoms. The largest absolute Gasteiger partial charge is 0.397 e. The number of carbonyl (C=O) groups is 1. The van der Waals surface area contributed by atoms with Crippen molar-refractivity contribution in [2.24, 2.45) is 5.73 Å². The second-order valence-corrected chi connectivity index (χ2v) is 4.60. The van der Waals surface area contributed by atoms with E-state index >= 15 is 0 Å². The molecule has 2 rings (SSSR count). The molecule has 0 spiro atoms. The summed E-state index contributed by atoms with van der Waals surface area (Å²) < 4.78 is 12.8. The minimum absolute atomic E-state index is 0.254. The van der Waals surface area contributed by atoms with Gasteiger partial charge >= 0.3 is 0 Å². The Hall–Kier alpha value is -2.08. The van der Waals surface area contributed by atoms with E-state index < -0.39 is 5.91 Å². The van der Waals surface area contributed by atoms with Crippen molar-refractivity contribution in [3.63, 3.8) is 0 Å². The summed E-state index contributed by atoms with van der Waals surface area (Å²) in [6.07, 6.45) is 1.44. The number of nitrogens with zero attached hydrogens (tertiary/aromatic N) is 1. The lowest BCUT2D eigenvalue weighted by Gasteiger charge is -2.06. The summed E-state index contributed by atoms with van der Waals surface area (Å²) in [6.45, 7) is 0. The maximum atomic E-state index is 12.8. The number of halogens is 1. The van der Waals surface area contributed by atoms with Gasteiger partial charge in [-0.1, -0.05) is 11.8 Å². The topological polar surface area (TPSA) is 82.0 Å². The fraction of sp³-hybridized carbons (Fsp3) is 0. The third-order valence-corrected chi connectivity index (χ3v) is 3.19. The van der Waals surface area contributed by atoms with Crippen molar-refractivity contribution in [3.05, 3.63) is 47.9 Å². The minimum atomic E-state index is -0.598. The monoisotopic (exact) mass is 263 g/mol. The Kier molecular flexibility index (Phi) is 3.47. The first kappa shape index (κ1) is 12.4. The molecule has 0 aliphatic rings. The predicted molar refractivity (Wildman–Crippen MR) is 67.7 cm³/mol. The summed E-state index contributed by atoms with van der Waals surface area (Å²) in [5, 5.41) is 0.448. The van der Waals surface area contributed by atoms with Crippen LogP contribution in [0.3, 0.4) is 0 Å². The molecule has 0 fully saturated rings. The van der Waals surface area contributed by atoms with Crippen LogP contribution in [0.4, 0.5) is 10.1 Å². The van der Waals surface area contributed by atoms with Gasteiger partial charge in [0, 0.05) is 4.90 Å². The van der Waals surface area contributed by atoms with Crippen LogP contribution in [0.15, 0.2) is 46.5 Å². The second-order valence-electron chi connectivity index (χ2n) is 3.54. The summed E-state index contributed by atoms with van der Waals surface area (Å²) >= 11 is 1.23. The van der Waals surface area contributed by atoms with E-state index in [0.29, 0.717) is 10.7 Å². The van der Waals surface area contributed by atoms with Crippen LogP contribution >= 0.6 is 11.8 Å². The number of aromatic nitrogens is 1. The number of benzene rings is 1. The Morgan fingerprint density at radius 1 is 1.28 bits per heavy atom. The molecule has 0 radical (unpaired) electrons. The predicted octanol–water partition coefficient (Wildman–Crippen LogP) is 2.05. The first-order chi connectivity index (χ1) is 8.56. The zero-order valence-corrected chi connectivity index (χ0v) is 10.1. The Morgan fingerprint density at radius 2 is 1.94 bits per heavy atom. The van der Waals surface area contributed by atoms with E-state index in [2.05, 4.69) is 4.98 Å². The van der Waals surface area contributed by atoms with Crippen molar-refractivity contribution in [1.29, 1.82) is 0 Å². The van der Waals surface area contributed by atoms with Crippen LogP contribution in [0.2, 0.25) is 0 Å². The number of primary amides is 1. The molecule has 2 aromatic rings. The molecule has 1 aromatic heterocycles. The third-order valence-electron chi connectivity index (χ3n) is 2.17. The highest BCUT2D eigenvalue weighted by Gasteiger charge is 2.11. The van der Waals surface area contributed by atoms with Gasteiger partial charge in [0.2, 0.25) is 0 Å². The number of anilines is 1. The first-order valence-electron chi connectivity index (χ1n) is 5.05. The van der Waals surface area contributed by atoms with Crippen molar-refractivity contribution >= 4 is 23.4 Å². The molecule has 1 amide bonds. The van der Waals surface area contributed by atoms with E-state index in [0.717, 1.165) is 4.90 Å². The summed E-state index contributed by atoms with van der Waals surface area (Å²) in [7, 11) is 0. The fourth-order valence-corrected chi connectivity index (χ4v) is 2.21. The lowest BCUT2D eigenvalue weighted by molar-refractivity contribution is 0.0997. The highest BCUT2D eigenvalue weighted by molar-refractivity contribution is 7.99. The highest BCUT2D eigenvalue weighted by Crippen LogP contribution is 2.29. The van der Waals surface area contributed by atoms with Gasteiger partial charge in [-0.2, -0.15) is 0 Å². The molecule has 4 N–H and O–H groups in total. The molecule has 0 unspecified atom stereocenters. The number of hydrogen-bond acceptors (Lipinski definition) is 4. The molecular weight excluding hydrogens is 253 g/mol. The van der Waals surface area contributed by atoms with Crippen LogP contribution in [0.25, 0.3) is 0 Å². The van der Waals surface area contributed by atoms with Crippen molar-refractivity contribution in [3.8, 4) is 0 Å². The first-order valence-corrected chi connectivity index (χ1v) is 5.86. The molecule has 0 atom stereocenters. The summed E-state index contributed by atoms with van der Waals surface area (Å²) in [5.41, 5.74) is 11.4. The number of nitrogens with two attached hydrogens (primary N) is 2. The maximum Gasteiger partial charge on any atom is 0.251 e. The van der Waals surface area contributed by atoms with Gasteiger partial charge in [-0.05, 0) is 30.3 Å². The van der Waals surface area contributed by atoms with Crippen LogP contribution in [0, 0.1) is 5.82 Å². The van der Waals surface area contributed by atoms with E-state index in [1.165, 1.54) is 36.2 Å². The standard InChI is InChI=1S/C12H10FN3OS/c13-7-1-3-9(4-2-7)18-12-10(11(15)17)5-8(14)6-16-12/h1-6H,14H2,(H2,15,17). The van der Waals surface area contributed by atoms with Crippen molar-refractivity contribution < 1.29 is 9.18 Å². The molecule has 1 aromatic carbocycles. The zero-order chi connectivity index (χ0) is 13.1. The van der Waals surface area contributed by atoms with Gasteiger partial charge in [0.05, 0.1) is 17.4 Å². The number of nitrogen functional groups attached to an aromatic ring is 1. The minimum Gasteiger partial charge on any atom is -0.397 e. The van der Waals surface area contributed by atoms with Gasteiger partial charge in [0.25, 0.3) is 5.91 Å². The fourth-order valence-electron chi connectivity index (χ4n) is 1.34. The molecule has 92 valence electrons. The molecule has 0 bridgehead atoms. The molecule has 0 saturated carbocycles. The van der Waals surface area contributed by atoms with Crippen molar-refractivity contribution in [1.82, 2.24) is 4.98 Å². The number of pyridine rings is 1. The average molecular weight is 263 g/mol. The summed E-state index contributed by atoms with van der Waals surface area (Å²) in [4.78, 5) is 16.1. The van der Waals surface area contributed by atoms with Crippen molar-refractivity contribution in [2.75, 3.05) is 5.73 Å². The third kappa shape index (κ3) is 2.78. The number of rotatable bonds is 3. The molecule has 0 aliphatic carbocycles. The molecule has 4 nitrogen and oxygen atoms in total. The Balaban J connectivity index is 2.34. The van der Waals surface area contributed by atoms with E-state index in [-0.39, 0.29) is 11.4 Å². The van der Waals surface area contributed by atoms with E-state index in [4.69, 9.17) is 11.5 Å². The summed E-state index contributed by atoms with van der Waals surface area (Å²) in [6, 6.07) is 7.35. The Morgan fingerprint density at radius 3 is 2.56 bits per heavy atom. The summed E-state index contributed by atoms with van der Waals surface area (Å²) in [5.74, 6) is -0.917. The van der Waals surface area contributed by atoms with Crippen LogP contribution in [0.5, 0.6) is 0 Å². The average Bonchev–Trinajstić information content (AvgIpc) is 2.34. The number of amides is 1. The van der Waals surface area contributed by atoms with Crippen LogP contribution in [-0.4, -0.2) is 10.9 Å². The van der Waals surface area contributed by atoms with Crippen LogP contribution in [-0.2, 0) is 0 Å². The lowest BCUT2D eigenvalue weighted by atomic mass is 10.2. The van der Waals surface area contributed by atoms with Crippen LogP contribution in [0.1, 0.15) is 10.4 Å². The molecule has 18 heavy (non-hydrogen) atoms. The van der Waals surface area contributed by atoms with Gasteiger partial charge < -0.3 is 11.5 Å². The lowest BCUT2D eigenvalue weighted by Crippen LogP contribution is -2.13. The van der Waals surface area contributed by atoms with Gasteiger partial charge in [-0.3, -0.25) is 4.79 Å². The van der Waals surface area contributed by atoms with E-state index in [1.807, 2.05) is 0 Å². The van der Waals surface area contributed by atoms with E-state index in [1.54, 1.807) is 12.1 Å².